The first-order valence-electron chi connectivity index (χ1n) is 19.9. The van der Waals surface area contributed by atoms with Crippen LogP contribution in [0, 0.1) is 0 Å². The molecule has 5 nitrogen and oxygen atoms in total. The van der Waals surface area contributed by atoms with E-state index in [-0.39, 0.29) is 0 Å². The molecule has 0 aliphatic rings. The minimum atomic E-state index is 0.601. The van der Waals surface area contributed by atoms with Crippen LogP contribution >= 0.6 is 11.3 Å². The molecule has 0 fully saturated rings. The summed E-state index contributed by atoms with van der Waals surface area (Å²) >= 11 is 1.77. The molecule has 0 spiro atoms. The van der Waals surface area contributed by atoms with Gasteiger partial charge in [-0.2, -0.15) is 0 Å². The molecule has 6 heteroatoms. The van der Waals surface area contributed by atoms with Gasteiger partial charge in [0.05, 0.1) is 0 Å². The summed E-state index contributed by atoms with van der Waals surface area (Å²) in [4.78, 5) is 20.7. The van der Waals surface area contributed by atoms with Gasteiger partial charge in [-0.25, -0.2) is 19.9 Å². The Morgan fingerprint density at radius 3 is 1.53 bits per heavy atom. The summed E-state index contributed by atoms with van der Waals surface area (Å²) in [6, 6.07) is 67.7. The lowest BCUT2D eigenvalue weighted by Crippen LogP contribution is -2.01. The third-order valence-corrected chi connectivity index (χ3v) is 12.4. The number of thiophene rings is 1. The van der Waals surface area contributed by atoms with E-state index in [1.54, 1.807) is 11.3 Å². The highest BCUT2D eigenvalue weighted by Gasteiger charge is 2.20. The van der Waals surface area contributed by atoms with Crippen molar-refractivity contribution >= 4 is 64.2 Å². The zero-order valence-electron chi connectivity index (χ0n) is 32.1. The first kappa shape index (κ1) is 34.3. The van der Waals surface area contributed by atoms with Crippen LogP contribution in [-0.2, 0) is 0 Å². The maximum absolute atomic E-state index is 6.60. The van der Waals surface area contributed by atoms with Crippen molar-refractivity contribution in [3.05, 3.63) is 194 Å². The fourth-order valence-corrected chi connectivity index (χ4v) is 9.46. The number of aromatic nitrogens is 4. The number of benzene rings is 9. The molecule has 0 bridgehead atoms. The van der Waals surface area contributed by atoms with Crippen molar-refractivity contribution in [3.63, 3.8) is 0 Å². The normalized spacial score (nSPS) is 11.7. The van der Waals surface area contributed by atoms with Gasteiger partial charge in [-0.05, 0) is 104 Å². The van der Waals surface area contributed by atoms with Crippen LogP contribution in [0.25, 0.3) is 121 Å². The topological polar surface area (TPSA) is 64.7 Å². The second-order valence-corrected chi connectivity index (χ2v) is 16.1. The Morgan fingerprint density at radius 2 is 0.850 bits per heavy atom. The van der Waals surface area contributed by atoms with Crippen molar-refractivity contribution in [2.24, 2.45) is 0 Å². The molecule has 0 N–H and O–H groups in total. The summed E-state index contributed by atoms with van der Waals surface area (Å²) in [5.41, 5.74) is 9.75. The molecule has 3 aromatic heterocycles. The summed E-state index contributed by atoms with van der Waals surface area (Å²) in [5, 5.41) is 6.73. The zero-order chi connectivity index (χ0) is 39.6. The first-order chi connectivity index (χ1) is 29.7. The minimum absolute atomic E-state index is 0.601. The van der Waals surface area contributed by atoms with Crippen LogP contribution in [0.3, 0.4) is 0 Å². The Hall–Kier alpha value is -7.80. The molecule has 0 radical (unpaired) electrons. The number of hydrogen-bond acceptors (Lipinski definition) is 6. The van der Waals surface area contributed by atoms with Crippen molar-refractivity contribution in [1.82, 2.24) is 19.9 Å². The number of hydrogen-bond donors (Lipinski definition) is 0. The maximum atomic E-state index is 6.60. The third kappa shape index (κ3) is 5.93. The molecule has 9 aromatic carbocycles. The molecule has 12 aromatic rings. The van der Waals surface area contributed by atoms with Gasteiger partial charge in [0.25, 0.3) is 0 Å². The maximum Gasteiger partial charge on any atom is 0.227 e. The van der Waals surface area contributed by atoms with Crippen LogP contribution in [0.1, 0.15) is 0 Å². The van der Waals surface area contributed by atoms with E-state index in [4.69, 9.17) is 24.4 Å². The van der Waals surface area contributed by atoms with E-state index < -0.39 is 0 Å². The molecule has 280 valence electrons. The lowest BCUT2D eigenvalue weighted by molar-refractivity contribution is 0.623. The Labute approximate surface area is 348 Å². The molecule has 0 aliphatic carbocycles. The number of rotatable bonds is 6. The highest BCUT2D eigenvalue weighted by Crippen LogP contribution is 2.44. The molecule has 0 saturated heterocycles. The average Bonchev–Trinajstić information content (AvgIpc) is 3.94. The Morgan fingerprint density at radius 1 is 0.333 bits per heavy atom. The highest BCUT2D eigenvalue weighted by atomic mass is 32.1. The van der Waals surface area contributed by atoms with Gasteiger partial charge in [0.15, 0.2) is 23.1 Å². The van der Waals surface area contributed by atoms with Crippen LogP contribution in [0.4, 0.5) is 0 Å². The van der Waals surface area contributed by atoms with E-state index in [2.05, 4.69) is 152 Å². The van der Waals surface area contributed by atoms with Gasteiger partial charge in [0, 0.05) is 42.4 Å². The fourth-order valence-electron chi connectivity index (χ4n) is 8.34. The lowest BCUT2D eigenvalue weighted by atomic mass is 9.95. The van der Waals surface area contributed by atoms with Gasteiger partial charge in [0.2, 0.25) is 5.89 Å². The lowest BCUT2D eigenvalue weighted by Gasteiger charge is -2.13. The molecular formula is C54H32N4OS. The molecule has 0 amide bonds. The van der Waals surface area contributed by atoms with Crippen LogP contribution in [0.2, 0.25) is 0 Å². The molecular weight excluding hydrogens is 753 g/mol. The van der Waals surface area contributed by atoms with Crippen molar-refractivity contribution < 1.29 is 4.42 Å². The molecule has 0 atom stereocenters. The number of nitrogens with zero attached hydrogens (tertiary/aromatic N) is 4. The molecule has 3 heterocycles. The van der Waals surface area contributed by atoms with Gasteiger partial charge in [-0.1, -0.05) is 133 Å². The van der Waals surface area contributed by atoms with Crippen molar-refractivity contribution in [1.29, 1.82) is 0 Å². The molecule has 0 saturated carbocycles. The van der Waals surface area contributed by atoms with Gasteiger partial charge < -0.3 is 4.42 Å². The number of oxazole rings is 1. The largest absolute Gasteiger partial charge is 0.435 e. The first-order valence-corrected chi connectivity index (χ1v) is 20.8. The van der Waals surface area contributed by atoms with Crippen LogP contribution in [0.5, 0.6) is 0 Å². The van der Waals surface area contributed by atoms with Crippen molar-refractivity contribution in [3.8, 4) is 67.9 Å². The van der Waals surface area contributed by atoms with Crippen molar-refractivity contribution in [2.75, 3.05) is 0 Å². The minimum Gasteiger partial charge on any atom is -0.435 e. The van der Waals surface area contributed by atoms with E-state index in [0.717, 1.165) is 92.6 Å². The summed E-state index contributed by atoms with van der Waals surface area (Å²) in [6.45, 7) is 0. The monoisotopic (exact) mass is 784 g/mol. The van der Waals surface area contributed by atoms with E-state index >= 15 is 0 Å². The van der Waals surface area contributed by atoms with Gasteiger partial charge in [0.1, 0.15) is 5.52 Å². The smallest absolute Gasteiger partial charge is 0.227 e. The zero-order valence-corrected chi connectivity index (χ0v) is 32.9. The van der Waals surface area contributed by atoms with Gasteiger partial charge in [-0.15, -0.1) is 11.3 Å². The van der Waals surface area contributed by atoms with Crippen LogP contribution in [-0.4, -0.2) is 19.9 Å². The van der Waals surface area contributed by atoms with E-state index in [0.29, 0.717) is 23.4 Å². The van der Waals surface area contributed by atoms with Crippen molar-refractivity contribution in [2.45, 2.75) is 0 Å². The average molecular weight is 785 g/mol. The van der Waals surface area contributed by atoms with Crippen LogP contribution < -0.4 is 0 Å². The second kappa shape index (κ2) is 13.9. The molecule has 12 rings (SSSR count). The predicted molar refractivity (Wildman–Crippen MR) is 248 cm³/mol. The number of fused-ring (bicyclic) bond motifs is 8. The SMILES string of the molecule is c1ccc(-c2cc(-c3ccccc3)cc(-c3nc(-c4ccc5ccccc5c4)nc(-c4ccc5ccc6sc7ccc8nc(-c9ccccc9)oc8c7c6c5c4)n3)c2)cc1. The summed E-state index contributed by atoms with van der Waals surface area (Å²) in [7, 11) is 0. The van der Waals surface area contributed by atoms with E-state index in [1.807, 2.05) is 42.5 Å². The summed E-state index contributed by atoms with van der Waals surface area (Å²) < 4.78 is 8.94. The van der Waals surface area contributed by atoms with E-state index in [9.17, 15) is 0 Å². The summed E-state index contributed by atoms with van der Waals surface area (Å²) in [6.07, 6.45) is 0. The van der Waals surface area contributed by atoms with Gasteiger partial charge in [-0.3, -0.25) is 0 Å². The molecule has 60 heavy (non-hydrogen) atoms. The summed E-state index contributed by atoms with van der Waals surface area (Å²) in [5.74, 6) is 2.44. The standard InChI is InChI=1S/C54H32N4OS/c1-4-12-33(13-5-1)41-29-42(34-14-6-2-7-15-34)31-43(30-41)53-57-51(39-22-20-35-16-10-11-19-38(35)28-39)56-52(58-53)40-23-21-36-24-26-46-48(44(36)32-40)49-47(60-46)27-25-45-50(49)59-54(55-45)37-17-8-3-9-18-37/h1-32H. The molecule has 0 unspecified atom stereocenters. The van der Waals surface area contributed by atoms with Gasteiger partial charge >= 0.3 is 0 Å². The quantitative estimate of drug-likeness (QED) is 0.168. The van der Waals surface area contributed by atoms with E-state index in [1.165, 1.54) is 4.70 Å². The highest BCUT2D eigenvalue weighted by molar-refractivity contribution is 7.26. The van der Waals surface area contributed by atoms with Crippen LogP contribution in [0.15, 0.2) is 199 Å². The predicted octanol–water partition coefficient (Wildman–Crippen LogP) is 14.7. The Bertz CT molecular complexity index is 3540. The Balaban J connectivity index is 1.09. The second-order valence-electron chi connectivity index (χ2n) is 15.0. The third-order valence-electron chi connectivity index (χ3n) is 11.3. The Kier molecular flexibility index (Phi) is 7.96. The fraction of sp³-hybridized carbons (Fsp3) is 0. The molecule has 0 aliphatic heterocycles.